The fourth-order valence-electron chi connectivity index (χ4n) is 3.04. The summed E-state index contributed by atoms with van der Waals surface area (Å²) < 4.78 is 14.7. The Balaban J connectivity index is 2.04. The van der Waals surface area contributed by atoms with Crippen LogP contribution in [0, 0.1) is 15.9 Å². The first-order valence-corrected chi connectivity index (χ1v) is 10.1. The van der Waals surface area contributed by atoms with Gasteiger partial charge in [-0.05, 0) is 31.3 Å². The van der Waals surface area contributed by atoms with Crippen molar-refractivity contribution in [2.24, 2.45) is 0 Å². The molecule has 0 saturated heterocycles. The molecule has 2 aromatic carbocycles. The van der Waals surface area contributed by atoms with Crippen LogP contribution in [0.3, 0.4) is 0 Å². The molecule has 0 bridgehead atoms. The highest BCUT2D eigenvalue weighted by Gasteiger charge is 2.27. The van der Waals surface area contributed by atoms with Gasteiger partial charge in [-0.3, -0.25) is 19.8 Å². The van der Waals surface area contributed by atoms with Crippen LogP contribution in [0.2, 0.25) is 0 Å². The summed E-state index contributed by atoms with van der Waals surface area (Å²) in [6.07, 6.45) is 0. The zero-order chi connectivity index (χ0) is 21.0. The van der Waals surface area contributed by atoms with Gasteiger partial charge in [0.1, 0.15) is 16.9 Å². The minimum atomic E-state index is -0.576. The Bertz CT molecular complexity index is 1040. The van der Waals surface area contributed by atoms with Crippen LogP contribution in [0.5, 0.6) is 0 Å². The molecule has 7 nitrogen and oxygen atoms in total. The number of nitrogens with zero attached hydrogens (tertiary/aromatic N) is 4. The lowest BCUT2D eigenvalue weighted by Gasteiger charge is -2.24. The number of amides is 1. The largest absolute Gasteiger partial charge is 0.302 e. The number of carbonyl (C=O) groups excluding carboxylic acids is 1. The number of benzene rings is 2. The minimum absolute atomic E-state index is 0.0169. The second-order valence-electron chi connectivity index (χ2n) is 6.34. The summed E-state index contributed by atoms with van der Waals surface area (Å²) in [6, 6.07) is 10.5. The van der Waals surface area contributed by atoms with E-state index in [2.05, 4.69) is 9.88 Å². The maximum absolute atomic E-state index is 14.1. The third-order valence-corrected chi connectivity index (χ3v) is 5.74. The van der Waals surface area contributed by atoms with Crippen molar-refractivity contribution in [1.82, 2.24) is 9.88 Å². The van der Waals surface area contributed by atoms with E-state index in [1.54, 1.807) is 18.2 Å². The van der Waals surface area contributed by atoms with Crippen molar-refractivity contribution < 1.29 is 14.1 Å². The molecule has 0 unspecified atom stereocenters. The molecule has 0 aliphatic rings. The molecule has 29 heavy (non-hydrogen) atoms. The van der Waals surface area contributed by atoms with Gasteiger partial charge in [-0.15, -0.1) is 0 Å². The summed E-state index contributed by atoms with van der Waals surface area (Å²) in [5, 5.41) is 11.7. The molecule has 0 aliphatic carbocycles. The van der Waals surface area contributed by atoms with Gasteiger partial charge < -0.3 is 4.90 Å². The number of rotatable bonds is 8. The highest BCUT2D eigenvalue weighted by Crippen LogP contribution is 2.32. The molecular weight excluding hydrogens is 395 g/mol. The number of halogens is 1. The number of nitro groups is 1. The Morgan fingerprint density at radius 3 is 2.52 bits per heavy atom. The number of carbonyl (C=O) groups is 1. The topological polar surface area (TPSA) is 79.6 Å². The number of hydrogen-bond acceptors (Lipinski definition) is 6. The van der Waals surface area contributed by atoms with Gasteiger partial charge in [0.25, 0.3) is 11.6 Å². The van der Waals surface area contributed by atoms with Gasteiger partial charge in [-0.25, -0.2) is 9.37 Å². The van der Waals surface area contributed by atoms with Crippen molar-refractivity contribution in [1.29, 1.82) is 0 Å². The third kappa shape index (κ3) is 4.41. The maximum atomic E-state index is 14.1. The van der Waals surface area contributed by atoms with Crippen LogP contribution in [-0.4, -0.2) is 46.9 Å². The molecule has 9 heteroatoms. The number of aromatic nitrogens is 1. The van der Waals surface area contributed by atoms with E-state index in [1.807, 2.05) is 13.8 Å². The Hall–Kier alpha value is -2.91. The van der Waals surface area contributed by atoms with E-state index in [0.717, 1.165) is 13.1 Å². The first-order chi connectivity index (χ1) is 14.0. The third-order valence-electron chi connectivity index (χ3n) is 4.70. The smallest absolute Gasteiger partial charge is 0.282 e. The molecule has 1 amide bonds. The second-order valence-corrected chi connectivity index (χ2v) is 7.35. The summed E-state index contributed by atoms with van der Waals surface area (Å²) in [4.78, 5) is 32.0. The lowest BCUT2D eigenvalue weighted by atomic mass is 10.1. The molecule has 0 N–H and O–H groups in total. The van der Waals surface area contributed by atoms with Gasteiger partial charge in [-0.1, -0.05) is 43.4 Å². The van der Waals surface area contributed by atoms with Crippen LogP contribution in [0.1, 0.15) is 24.2 Å². The molecule has 3 rings (SSSR count). The number of nitro benzene ring substituents is 1. The van der Waals surface area contributed by atoms with Gasteiger partial charge in [0.2, 0.25) is 0 Å². The van der Waals surface area contributed by atoms with Gasteiger partial charge in [0.05, 0.1) is 9.62 Å². The Morgan fingerprint density at radius 2 is 1.86 bits per heavy atom. The van der Waals surface area contributed by atoms with Crippen LogP contribution >= 0.6 is 11.3 Å². The van der Waals surface area contributed by atoms with Crippen molar-refractivity contribution in [3.63, 3.8) is 0 Å². The molecular formula is C20H21FN4O3S. The number of fused-ring (bicyclic) bond motifs is 1. The predicted octanol–water partition coefficient (Wildman–Crippen LogP) is 4.33. The first kappa shape index (κ1) is 20.8. The van der Waals surface area contributed by atoms with E-state index >= 15 is 0 Å². The summed E-state index contributed by atoms with van der Waals surface area (Å²) >= 11 is 1.19. The molecule has 0 atom stereocenters. The SMILES string of the molecule is CCN(CC)CCN(C(=O)c1ccccc1[N+](=O)[O-])c1nc2c(F)cccc2s1. The van der Waals surface area contributed by atoms with Crippen molar-refractivity contribution in [2.75, 3.05) is 31.1 Å². The fourth-order valence-corrected chi connectivity index (χ4v) is 4.05. The molecule has 0 aliphatic heterocycles. The van der Waals surface area contributed by atoms with Crippen LogP contribution in [-0.2, 0) is 0 Å². The molecule has 0 spiro atoms. The molecule has 0 radical (unpaired) electrons. The Kier molecular flexibility index (Phi) is 6.50. The summed E-state index contributed by atoms with van der Waals surface area (Å²) in [7, 11) is 0. The van der Waals surface area contributed by atoms with Gasteiger partial charge in [0.15, 0.2) is 5.13 Å². The standard InChI is InChI=1S/C20H21FN4O3S/c1-3-23(4-2)12-13-24(19(26)14-8-5-6-10-16(14)25(27)28)20-22-18-15(21)9-7-11-17(18)29-20/h5-11H,3-4,12-13H2,1-2H3. The predicted molar refractivity (Wildman–Crippen MR) is 112 cm³/mol. The highest BCUT2D eigenvalue weighted by molar-refractivity contribution is 7.22. The van der Waals surface area contributed by atoms with Crippen LogP contribution in [0.15, 0.2) is 42.5 Å². The molecule has 0 saturated carbocycles. The molecule has 3 aromatic rings. The molecule has 1 heterocycles. The summed E-state index contributed by atoms with van der Waals surface area (Å²) in [6.45, 7) is 6.50. The van der Waals surface area contributed by atoms with Crippen molar-refractivity contribution in [2.45, 2.75) is 13.8 Å². The zero-order valence-electron chi connectivity index (χ0n) is 16.2. The molecule has 1 aromatic heterocycles. The quantitative estimate of drug-likeness (QED) is 0.403. The number of thiazole rings is 1. The lowest BCUT2D eigenvalue weighted by Crippen LogP contribution is -2.39. The average molecular weight is 416 g/mol. The molecule has 0 fully saturated rings. The van der Waals surface area contributed by atoms with E-state index in [1.165, 1.54) is 40.5 Å². The van der Waals surface area contributed by atoms with Gasteiger partial charge >= 0.3 is 0 Å². The van der Waals surface area contributed by atoms with Crippen molar-refractivity contribution in [3.8, 4) is 0 Å². The van der Waals surface area contributed by atoms with Crippen LogP contribution in [0.4, 0.5) is 15.2 Å². The lowest BCUT2D eigenvalue weighted by molar-refractivity contribution is -0.385. The van der Waals surface area contributed by atoms with E-state index in [4.69, 9.17) is 0 Å². The van der Waals surface area contributed by atoms with E-state index in [0.29, 0.717) is 16.4 Å². The van der Waals surface area contributed by atoms with Crippen LogP contribution in [0.25, 0.3) is 10.2 Å². The van der Waals surface area contributed by atoms with Gasteiger partial charge in [-0.2, -0.15) is 0 Å². The minimum Gasteiger partial charge on any atom is -0.302 e. The van der Waals surface area contributed by atoms with Gasteiger partial charge in [0, 0.05) is 19.2 Å². The van der Waals surface area contributed by atoms with E-state index in [9.17, 15) is 19.3 Å². The highest BCUT2D eigenvalue weighted by atomic mass is 32.1. The Labute approximate surface area is 171 Å². The first-order valence-electron chi connectivity index (χ1n) is 9.29. The average Bonchev–Trinajstić information content (AvgIpc) is 3.16. The number of para-hydroxylation sites is 2. The Morgan fingerprint density at radius 1 is 1.14 bits per heavy atom. The monoisotopic (exact) mass is 416 g/mol. The van der Waals surface area contributed by atoms with Crippen molar-refractivity contribution >= 4 is 38.3 Å². The summed E-state index contributed by atoms with van der Waals surface area (Å²) in [5.74, 6) is -0.990. The second kappa shape index (κ2) is 9.06. The summed E-state index contributed by atoms with van der Waals surface area (Å²) in [5.41, 5.74) is -0.0925. The molecule has 152 valence electrons. The van der Waals surface area contributed by atoms with Crippen LogP contribution < -0.4 is 4.90 Å². The fraction of sp³-hybridized carbons (Fsp3) is 0.300. The normalized spacial score (nSPS) is 11.2. The zero-order valence-corrected chi connectivity index (χ0v) is 17.0. The number of anilines is 1. The van der Waals surface area contributed by atoms with Crippen molar-refractivity contribution in [3.05, 3.63) is 64.0 Å². The van der Waals surface area contributed by atoms with E-state index < -0.39 is 16.6 Å². The number of hydrogen-bond donors (Lipinski definition) is 0. The maximum Gasteiger partial charge on any atom is 0.282 e. The van der Waals surface area contributed by atoms with E-state index in [-0.39, 0.29) is 23.3 Å². The number of likely N-dealkylation sites (N-methyl/N-ethyl adjacent to an activating group) is 1.